The van der Waals surface area contributed by atoms with Gasteiger partial charge in [-0.3, -0.25) is 19.2 Å². The molecular weight excluding hydrogens is 380 g/mol. The van der Waals surface area contributed by atoms with E-state index >= 15 is 0 Å². The molecule has 8 heteroatoms. The van der Waals surface area contributed by atoms with Crippen molar-refractivity contribution in [3.8, 4) is 0 Å². The predicted molar refractivity (Wildman–Crippen MR) is 106 cm³/mol. The summed E-state index contributed by atoms with van der Waals surface area (Å²) < 4.78 is 18.7. The lowest BCUT2D eigenvalue weighted by Gasteiger charge is -2.13. The highest BCUT2D eigenvalue weighted by molar-refractivity contribution is 5.80. The molecule has 0 fully saturated rings. The fourth-order valence-corrected chi connectivity index (χ4v) is 3.17. The number of carbonyl (C=O) groups is 4. The lowest BCUT2D eigenvalue weighted by atomic mass is 9.96. The van der Waals surface area contributed by atoms with Crippen LogP contribution in [0.3, 0.4) is 0 Å². The zero-order valence-corrected chi connectivity index (χ0v) is 18.2. The predicted octanol–water partition coefficient (Wildman–Crippen LogP) is 3.20. The Morgan fingerprint density at radius 3 is 1.10 bits per heavy atom. The van der Waals surface area contributed by atoms with Crippen LogP contribution in [0, 0.1) is 11.8 Å². The molecule has 0 amide bonds. The minimum Gasteiger partial charge on any atom is -0.469 e. The second-order valence-corrected chi connectivity index (χ2v) is 7.05. The van der Waals surface area contributed by atoms with Crippen LogP contribution in [0.4, 0.5) is 0 Å². The van der Waals surface area contributed by atoms with Crippen molar-refractivity contribution < 1.29 is 38.1 Å². The first-order valence-electron chi connectivity index (χ1n) is 10.2. The molecule has 0 bridgehead atoms. The van der Waals surface area contributed by atoms with Gasteiger partial charge < -0.3 is 18.9 Å². The first-order chi connectivity index (χ1) is 13.9. The summed E-state index contributed by atoms with van der Waals surface area (Å²) in [6, 6.07) is 0. The zero-order chi connectivity index (χ0) is 22.1. The topological polar surface area (TPSA) is 105 Å². The van der Waals surface area contributed by atoms with Gasteiger partial charge in [0.2, 0.25) is 0 Å². The molecule has 0 saturated carbocycles. The Bertz CT molecular complexity index is 459. The zero-order valence-electron chi connectivity index (χ0n) is 18.2. The van der Waals surface area contributed by atoms with E-state index in [1.807, 2.05) is 0 Å². The lowest BCUT2D eigenvalue weighted by Crippen LogP contribution is -2.20. The molecular formula is C21H36O8. The van der Waals surface area contributed by atoms with Crippen molar-refractivity contribution in [2.45, 2.75) is 70.6 Å². The van der Waals surface area contributed by atoms with Crippen LogP contribution in [-0.4, -0.2) is 52.3 Å². The summed E-state index contributed by atoms with van der Waals surface area (Å²) in [5, 5.41) is 0. The summed E-state index contributed by atoms with van der Waals surface area (Å²) in [4.78, 5) is 46.2. The lowest BCUT2D eigenvalue weighted by molar-refractivity contribution is -0.152. The summed E-state index contributed by atoms with van der Waals surface area (Å²) >= 11 is 0. The van der Waals surface area contributed by atoms with Crippen molar-refractivity contribution in [3.05, 3.63) is 0 Å². The molecule has 0 radical (unpaired) electrons. The maximum absolute atomic E-state index is 11.7. The molecule has 8 nitrogen and oxygen atoms in total. The molecule has 0 aromatic rings. The van der Waals surface area contributed by atoms with E-state index in [2.05, 4.69) is 9.47 Å². The molecule has 168 valence electrons. The normalized spacial score (nSPS) is 12.6. The maximum Gasteiger partial charge on any atom is 0.309 e. The highest BCUT2D eigenvalue weighted by atomic mass is 16.5. The van der Waals surface area contributed by atoms with Crippen molar-refractivity contribution in [1.29, 1.82) is 0 Å². The number of hydrogen-bond acceptors (Lipinski definition) is 8. The van der Waals surface area contributed by atoms with Gasteiger partial charge in [-0.2, -0.15) is 0 Å². The van der Waals surface area contributed by atoms with E-state index < -0.39 is 23.8 Å². The highest BCUT2D eigenvalue weighted by Crippen LogP contribution is 2.19. The van der Waals surface area contributed by atoms with E-state index in [4.69, 9.17) is 9.47 Å². The summed E-state index contributed by atoms with van der Waals surface area (Å²) in [6.45, 7) is 0. The van der Waals surface area contributed by atoms with E-state index in [0.717, 1.165) is 44.9 Å². The molecule has 0 aliphatic rings. The number of carbonyl (C=O) groups excluding carboxylic acids is 4. The minimum absolute atomic E-state index is 0.0517. The highest BCUT2D eigenvalue weighted by Gasteiger charge is 2.23. The molecule has 29 heavy (non-hydrogen) atoms. The van der Waals surface area contributed by atoms with E-state index in [-0.39, 0.29) is 24.8 Å². The molecule has 0 rings (SSSR count). The first kappa shape index (κ1) is 26.9. The van der Waals surface area contributed by atoms with Crippen LogP contribution in [0.25, 0.3) is 0 Å². The number of unbranched alkanes of at least 4 members (excludes halogenated alkanes) is 6. The third-order valence-electron chi connectivity index (χ3n) is 4.96. The van der Waals surface area contributed by atoms with Crippen molar-refractivity contribution in [2.75, 3.05) is 28.4 Å². The van der Waals surface area contributed by atoms with Crippen molar-refractivity contribution in [1.82, 2.24) is 0 Å². The van der Waals surface area contributed by atoms with Crippen LogP contribution < -0.4 is 0 Å². The second-order valence-electron chi connectivity index (χ2n) is 7.05. The Morgan fingerprint density at radius 1 is 0.517 bits per heavy atom. The van der Waals surface area contributed by atoms with Crippen LogP contribution in [0.2, 0.25) is 0 Å². The summed E-state index contributed by atoms with van der Waals surface area (Å²) in [6.07, 6.45) is 8.09. The number of methoxy groups -OCH3 is 4. The molecule has 2 unspecified atom stereocenters. The average molecular weight is 417 g/mol. The van der Waals surface area contributed by atoms with E-state index in [1.165, 1.54) is 28.4 Å². The molecule has 0 aromatic heterocycles. The van der Waals surface area contributed by atoms with E-state index in [0.29, 0.717) is 12.8 Å². The Hall–Kier alpha value is -2.12. The molecule has 2 atom stereocenters. The standard InChI is InChI=1S/C21H36O8/c1-26-18(22)14-16(20(24)28-3)12-10-8-6-5-7-9-11-13-17(21(25)29-4)15-19(23)27-2/h16-17H,5-15H2,1-4H3. The Labute approximate surface area is 173 Å². The maximum atomic E-state index is 11.7. The van der Waals surface area contributed by atoms with E-state index in [9.17, 15) is 19.2 Å². The van der Waals surface area contributed by atoms with Crippen molar-refractivity contribution >= 4 is 23.9 Å². The molecule has 0 saturated heterocycles. The van der Waals surface area contributed by atoms with Gasteiger partial charge in [0.15, 0.2) is 0 Å². The van der Waals surface area contributed by atoms with Gasteiger partial charge in [-0.1, -0.05) is 44.9 Å². The number of rotatable bonds is 16. The molecule has 0 aromatic carbocycles. The van der Waals surface area contributed by atoms with Crippen molar-refractivity contribution in [3.63, 3.8) is 0 Å². The van der Waals surface area contributed by atoms with Gasteiger partial charge >= 0.3 is 23.9 Å². The van der Waals surface area contributed by atoms with Crippen LogP contribution in [-0.2, 0) is 38.1 Å². The number of esters is 4. The average Bonchev–Trinajstić information content (AvgIpc) is 2.74. The Balaban J connectivity index is 3.94. The number of hydrogen-bond donors (Lipinski definition) is 0. The van der Waals surface area contributed by atoms with Gasteiger partial charge in [0.1, 0.15) is 0 Å². The van der Waals surface area contributed by atoms with Crippen LogP contribution in [0.1, 0.15) is 70.6 Å². The first-order valence-corrected chi connectivity index (χ1v) is 10.2. The smallest absolute Gasteiger partial charge is 0.309 e. The van der Waals surface area contributed by atoms with Gasteiger partial charge in [-0.15, -0.1) is 0 Å². The summed E-state index contributed by atoms with van der Waals surface area (Å²) in [7, 11) is 5.25. The summed E-state index contributed by atoms with van der Waals surface area (Å²) in [5.41, 5.74) is 0. The van der Waals surface area contributed by atoms with E-state index in [1.54, 1.807) is 0 Å². The third kappa shape index (κ3) is 12.9. The molecule has 0 aliphatic heterocycles. The largest absolute Gasteiger partial charge is 0.469 e. The fourth-order valence-electron chi connectivity index (χ4n) is 3.17. The second kappa shape index (κ2) is 16.8. The van der Waals surface area contributed by atoms with Crippen LogP contribution in [0.15, 0.2) is 0 Å². The minimum atomic E-state index is -0.447. The molecule has 0 heterocycles. The molecule has 0 N–H and O–H groups in total. The molecule has 0 aliphatic carbocycles. The third-order valence-corrected chi connectivity index (χ3v) is 4.96. The van der Waals surface area contributed by atoms with Gasteiger partial charge in [-0.05, 0) is 12.8 Å². The number of ether oxygens (including phenoxy) is 4. The van der Waals surface area contributed by atoms with Gasteiger partial charge in [0.25, 0.3) is 0 Å². The fraction of sp³-hybridized carbons (Fsp3) is 0.810. The summed E-state index contributed by atoms with van der Waals surface area (Å²) in [5.74, 6) is -2.45. The van der Waals surface area contributed by atoms with Gasteiger partial charge in [0.05, 0.1) is 53.1 Å². The Kier molecular flexibility index (Phi) is 15.6. The molecule has 0 spiro atoms. The van der Waals surface area contributed by atoms with Crippen LogP contribution in [0.5, 0.6) is 0 Å². The van der Waals surface area contributed by atoms with Gasteiger partial charge in [-0.25, -0.2) is 0 Å². The quantitative estimate of drug-likeness (QED) is 0.215. The van der Waals surface area contributed by atoms with Gasteiger partial charge in [0, 0.05) is 0 Å². The SMILES string of the molecule is COC(=O)CC(CCCCCCCCCC(CC(=O)OC)C(=O)OC)C(=O)OC. The van der Waals surface area contributed by atoms with Crippen molar-refractivity contribution in [2.24, 2.45) is 11.8 Å². The Morgan fingerprint density at radius 2 is 0.828 bits per heavy atom. The monoisotopic (exact) mass is 416 g/mol. The van der Waals surface area contributed by atoms with Crippen LogP contribution >= 0.6 is 0 Å².